The topological polar surface area (TPSA) is 48.3 Å². The number of rotatable bonds is 4. The first-order chi connectivity index (χ1) is 9.69. The second-order valence-corrected chi connectivity index (χ2v) is 5.40. The highest BCUT2D eigenvalue weighted by molar-refractivity contribution is 5.57. The summed E-state index contributed by atoms with van der Waals surface area (Å²) in [5, 5.41) is 12.4. The molecule has 0 aliphatic heterocycles. The van der Waals surface area contributed by atoms with Crippen LogP contribution in [0.1, 0.15) is 32.7 Å². The van der Waals surface area contributed by atoms with Gasteiger partial charge in [-0.3, -0.25) is 0 Å². The summed E-state index contributed by atoms with van der Waals surface area (Å²) in [4.78, 5) is 2.32. The van der Waals surface area contributed by atoms with Crippen LogP contribution >= 0.6 is 0 Å². The lowest BCUT2D eigenvalue weighted by Crippen LogP contribution is -2.39. The molecular formula is C16H25N3O. The fraction of sp³-hybridized carbons (Fsp3) is 0.562. The van der Waals surface area contributed by atoms with Gasteiger partial charge in [-0.05, 0) is 44.9 Å². The van der Waals surface area contributed by atoms with Crippen molar-refractivity contribution >= 4 is 5.69 Å². The Morgan fingerprint density at radius 3 is 2.60 bits per heavy atom. The summed E-state index contributed by atoms with van der Waals surface area (Å²) >= 11 is 0. The SMILES string of the molecule is CNC1CCC(N(C)c2ccc(C#N)c(OC)c2)CC1.[HH]. The number of benzene rings is 1. The third-order valence-electron chi connectivity index (χ3n) is 4.37. The molecule has 4 heteroatoms. The number of nitrogens with zero attached hydrogens (tertiary/aromatic N) is 2. The number of nitriles is 1. The van der Waals surface area contributed by atoms with Gasteiger partial charge in [0.25, 0.3) is 0 Å². The van der Waals surface area contributed by atoms with Crippen LogP contribution in [0.15, 0.2) is 18.2 Å². The summed E-state index contributed by atoms with van der Waals surface area (Å²) in [5.41, 5.74) is 1.71. The highest BCUT2D eigenvalue weighted by Crippen LogP contribution is 2.30. The summed E-state index contributed by atoms with van der Waals surface area (Å²) in [6.45, 7) is 0. The highest BCUT2D eigenvalue weighted by atomic mass is 16.5. The molecule has 2 rings (SSSR count). The maximum absolute atomic E-state index is 9.03. The molecule has 0 aromatic heterocycles. The van der Waals surface area contributed by atoms with Crippen molar-refractivity contribution < 1.29 is 6.16 Å². The largest absolute Gasteiger partial charge is 0.495 e. The van der Waals surface area contributed by atoms with Crippen LogP contribution in [0.2, 0.25) is 0 Å². The lowest BCUT2D eigenvalue weighted by Gasteiger charge is -2.36. The molecule has 0 bridgehead atoms. The fourth-order valence-corrected chi connectivity index (χ4v) is 2.95. The molecular weight excluding hydrogens is 250 g/mol. The molecule has 1 aliphatic rings. The third-order valence-corrected chi connectivity index (χ3v) is 4.37. The van der Waals surface area contributed by atoms with Crippen molar-refractivity contribution in [3.05, 3.63) is 23.8 Å². The molecule has 1 saturated carbocycles. The molecule has 1 aromatic carbocycles. The van der Waals surface area contributed by atoms with E-state index in [2.05, 4.69) is 23.3 Å². The van der Waals surface area contributed by atoms with E-state index < -0.39 is 0 Å². The lowest BCUT2D eigenvalue weighted by molar-refractivity contribution is 0.351. The number of ether oxygens (including phenoxy) is 1. The van der Waals surface area contributed by atoms with Crippen LogP contribution in [0.5, 0.6) is 5.75 Å². The molecule has 4 nitrogen and oxygen atoms in total. The van der Waals surface area contributed by atoms with Crippen molar-refractivity contribution in [3.63, 3.8) is 0 Å². The molecule has 0 spiro atoms. The van der Waals surface area contributed by atoms with Crippen LogP contribution < -0.4 is 15.0 Å². The zero-order valence-electron chi connectivity index (χ0n) is 12.5. The van der Waals surface area contributed by atoms with Gasteiger partial charge in [-0.1, -0.05) is 0 Å². The molecule has 0 radical (unpaired) electrons. The number of hydrogen-bond acceptors (Lipinski definition) is 4. The van der Waals surface area contributed by atoms with Crippen molar-refractivity contribution in [1.82, 2.24) is 5.32 Å². The van der Waals surface area contributed by atoms with Crippen molar-refractivity contribution in [3.8, 4) is 11.8 Å². The summed E-state index contributed by atoms with van der Waals surface area (Å²) < 4.78 is 5.29. The van der Waals surface area contributed by atoms with Gasteiger partial charge in [-0.15, -0.1) is 0 Å². The van der Waals surface area contributed by atoms with E-state index in [4.69, 9.17) is 10.00 Å². The first-order valence-electron chi connectivity index (χ1n) is 7.17. The molecule has 0 saturated heterocycles. The van der Waals surface area contributed by atoms with E-state index in [-0.39, 0.29) is 1.43 Å². The van der Waals surface area contributed by atoms with E-state index in [0.29, 0.717) is 23.4 Å². The van der Waals surface area contributed by atoms with E-state index >= 15 is 0 Å². The molecule has 0 amide bonds. The van der Waals surface area contributed by atoms with E-state index in [9.17, 15) is 0 Å². The Kier molecular flexibility index (Phi) is 4.86. The summed E-state index contributed by atoms with van der Waals surface area (Å²) in [7, 11) is 5.78. The van der Waals surface area contributed by atoms with E-state index in [0.717, 1.165) is 5.69 Å². The monoisotopic (exact) mass is 275 g/mol. The van der Waals surface area contributed by atoms with E-state index in [1.54, 1.807) is 7.11 Å². The molecule has 1 fully saturated rings. The van der Waals surface area contributed by atoms with E-state index in [1.165, 1.54) is 25.7 Å². The van der Waals surface area contributed by atoms with Gasteiger partial charge in [-0.25, -0.2) is 0 Å². The molecule has 1 N–H and O–H groups in total. The summed E-state index contributed by atoms with van der Waals surface area (Å²) in [6, 6.07) is 9.19. The van der Waals surface area contributed by atoms with Crippen molar-refractivity contribution in [1.29, 1.82) is 5.26 Å². The molecule has 1 aromatic rings. The zero-order valence-corrected chi connectivity index (χ0v) is 12.5. The van der Waals surface area contributed by atoms with Crippen molar-refractivity contribution in [2.75, 3.05) is 26.1 Å². The average Bonchev–Trinajstić information content (AvgIpc) is 2.53. The van der Waals surface area contributed by atoms with Gasteiger partial charge in [0.2, 0.25) is 0 Å². The van der Waals surface area contributed by atoms with Crippen LogP contribution in [0.3, 0.4) is 0 Å². The Labute approximate surface area is 122 Å². The number of hydrogen-bond donors (Lipinski definition) is 1. The Morgan fingerprint density at radius 2 is 2.05 bits per heavy atom. The predicted octanol–water partition coefficient (Wildman–Crippen LogP) is 2.78. The van der Waals surface area contributed by atoms with Gasteiger partial charge in [0.1, 0.15) is 11.8 Å². The van der Waals surface area contributed by atoms with Gasteiger partial charge in [-0.2, -0.15) is 5.26 Å². The van der Waals surface area contributed by atoms with E-state index in [1.807, 2.05) is 25.2 Å². The van der Waals surface area contributed by atoms with Crippen molar-refractivity contribution in [2.24, 2.45) is 0 Å². The first-order valence-corrected chi connectivity index (χ1v) is 7.17. The lowest BCUT2D eigenvalue weighted by atomic mass is 9.90. The molecule has 1 aliphatic carbocycles. The fourth-order valence-electron chi connectivity index (χ4n) is 2.95. The zero-order chi connectivity index (χ0) is 14.5. The molecule has 0 heterocycles. The van der Waals surface area contributed by atoms with Crippen LogP contribution in [-0.2, 0) is 0 Å². The highest BCUT2D eigenvalue weighted by Gasteiger charge is 2.23. The van der Waals surface area contributed by atoms with Crippen LogP contribution in [0.4, 0.5) is 5.69 Å². The van der Waals surface area contributed by atoms with Gasteiger partial charge in [0.05, 0.1) is 12.7 Å². The Hall–Kier alpha value is -1.73. The minimum Gasteiger partial charge on any atom is -0.495 e. The Morgan fingerprint density at radius 1 is 1.35 bits per heavy atom. The maximum Gasteiger partial charge on any atom is 0.138 e. The third kappa shape index (κ3) is 3.05. The summed E-state index contributed by atoms with van der Waals surface area (Å²) in [6.07, 6.45) is 4.84. The quantitative estimate of drug-likeness (QED) is 0.918. The van der Waals surface area contributed by atoms with Crippen LogP contribution in [0, 0.1) is 11.3 Å². The molecule has 20 heavy (non-hydrogen) atoms. The normalized spacial score (nSPS) is 22.1. The minimum absolute atomic E-state index is 0. The van der Waals surface area contributed by atoms with Gasteiger partial charge < -0.3 is 15.0 Å². The standard InChI is InChI=1S/C16H23N3O.H2/c1-18-13-5-8-14(9-6-13)19(2)15-7-4-12(11-17)16(10-15)20-3;/h4,7,10,13-14,18H,5-6,8-9H2,1-3H3;1H. The Bertz CT molecular complexity index is 493. The molecule has 110 valence electrons. The maximum atomic E-state index is 9.03. The van der Waals surface area contributed by atoms with Gasteiger partial charge in [0, 0.05) is 32.3 Å². The summed E-state index contributed by atoms with van der Waals surface area (Å²) in [5.74, 6) is 0.653. The van der Waals surface area contributed by atoms with Crippen LogP contribution in [0.25, 0.3) is 0 Å². The smallest absolute Gasteiger partial charge is 0.138 e. The average molecular weight is 275 g/mol. The van der Waals surface area contributed by atoms with Gasteiger partial charge >= 0.3 is 0 Å². The predicted molar refractivity (Wildman–Crippen MR) is 83.3 cm³/mol. The second kappa shape index (κ2) is 6.62. The number of nitrogens with one attached hydrogen (secondary N) is 1. The number of methoxy groups -OCH3 is 1. The molecule has 0 unspecified atom stereocenters. The van der Waals surface area contributed by atoms with Crippen molar-refractivity contribution in [2.45, 2.75) is 37.8 Å². The van der Waals surface area contributed by atoms with Crippen LogP contribution in [-0.4, -0.2) is 33.3 Å². The number of anilines is 1. The second-order valence-electron chi connectivity index (χ2n) is 5.40. The van der Waals surface area contributed by atoms with Gasteiger partial charge in [0.15, 0.2) is 0 Å². The minimum atomic E-state index is 0. The Balaban J connectivity index is 0.00000220. The first kappa shape index (κ1) is 14.7. The molecule has 0 atom stereocenters.